The predicted octanol–water partition coefficient (Wildman–Crippen LogP) is 3.62. The van der Waals surface area contributed by atoms with Crippen LogP contribution in [0.15, 0.2) is 0 Å². The molecular weight excluding hydrogens is 460 g/mol. The van der Waals surface area contributed by atoms with Crippen LogP contribution in [0.1, 0.15) is 64.7 Å². The van der Waals surface area contributed by atoms with E-state index in [-0.39, 0.29) is 6.10 Å². The van der Waals surface area contributed by atoms with Crippen LogP contribution in [0.25, 0.3) is 0 Å². The van der Waals surface area contributed by atoms with Gasteiger partial charge < -0.3 is 28.4 Å². The van der Waals surface area contributed by atoms with Gasteiger partial charge >= 0.3 is 0 Å². The summed E-state index contributed by atoms with van der Waals surface area (Å²) in [6.45, 7) is 14.9. The van der Waals surface area contributed by atoms with Crippen molar-refractivity contribution >= 4 is 0 Å². The minimum absolute atomic E-state index is 0.164. The molecule has 8 nitrogen and oxygen atoms in total. The zero-order valence-corrected chi connectivity index (χ0v) is 23.3. The number of hydrogen-bond donors (Lipinski definition) is 0. The highest BCUT2D eigenvalue weighted by Gasteiger charge is 2.13. The van der Waals surface area contributed by atoms with Gasteiger partial charge in [0.05, 0.1) is 78.8 Å². The lowest BCUT2D eigenvalue weighted by molar-refractivity contribution is -0.0420. The molecule has 8 heteroatoms. The van der Waals surface area contributed by atoms with Gasteiger partial charge in [-0.25, -0.2) is 0 Å². The molecule has 3 aliphatic heterocycles. The first-order valence-corrected chi connectivity index (χ1v) is 14.8. The summed E-state index contributed by atoms with van der Waals surface area (Å²) in [5.41, 5.74) is 0. The topological polar surface area (TPSA) is 61.9 Å². The molecule has 0 N–H and O–H groups in total. The van der Waals surface area contributed by atoms with Gasteiger partial charge in [0.25, 0.3) is 0 Å². The van der Waals surface area contributed by atoms with Gasteiger partial charge in [-0.15, -0.1) is 0 Å². The number of nitrogens with zero attached hydrogens (tertiary/aromatic N) is 2. The monoisotopic (exact) mass is 516 g/mol. The molecule has 1 atom stereocenters. The zero-order valence-electron chi connectivity index (χ0n) is 23.3. The van der Waals surface area contributed by atoms with Crippen LogP contribution in [0.2, 0.25) is 0 Å². The van der Waals surface area contributed by atoms with Crippen LogP contribution < -0.4 is 0 Å². The van der Waals surface area contributed by atoms with E-state index in [9.17, 15) is 0 Å². The van der Waals surface area contributed by atoms with E-state index in [1.54, 1.807) is 0 Å². The SMILES string of the molecule is CCCCCCCCCCC1COCCN2CCOCCOCCN(CCOCCOCC2)CCO1. The summed E-state index contributed by atoms with van der Waals surface area (Å²) in [7, 11) is 0. The van der Waals surface area contributed by atoms with E-state index in [4.69, 9.17) is 28.4 Å². The van der Waals surface area contributed by atoms with E-state index in [1.165, 1.54) is 51.4 Å². The molecule has 3 saturated heterocycles. The van der Waals surface area contributed by atoms with Gasteiger partial charge in [0, 0.05) is 39.3 Å². The van der Waals surface area contributed by atoms with Crippen LogP contribution in [-0.4, -0.2) is 128 Å². The van der Waals surface area contributed by atoms with Crippen molar-refractivity contribution in [3.05, 3.63) is 0 Å². The Hall–Kier alpha value is -0.320. The van der Waals surface area contributed by atoms with E-state index in [0.29, 0.717) is 72.7 Å². The van der Waals surface area contributed by atoms with Crippen LogP contribution >= 0.6 is 0 Å². The number of fused-ring (bicyclic) bond motifs is 21. The molecule has 3 aliphatic rings. The maximum Gasteiger partial charge on any atom is 0.0809 e. The molecular formula is C28H56N2O6. The Kier molecular flexibility index (Phi) is 21.1. The third-order valence-electron chi connectivity index (χ3n) is 6.95. The summed E-state index contributed by atoms with van der Waals surface area (Å²) >= 11 is 0. The maximum absolute atomic E-state index is 6.37. The summed E-state index contributed by atoms with van der Waals surface area (Å²) in [5.74, 6) is 0. The molecule has 2 bridgehead atoms. The maximum atomic E-state index is 6.37. The zero-order chi connectivity index (χ0) is 25.4. The van der Waals surface area contributed by atoms with E-state index >= 15 is 0 Å². The summed E-state index contributed by atoms with van der Waals surface area (Å²) in [6.07, 6.45) is 11.9. The second-order valence-electron chi connectivity index (χ2n) is 9.96. The fourth-order valence-corrected chi connectivity index (χ4v) is 4.57. The predicted molar refractivity (Wildman–Crippen MR) is 144 cm³/mol. The average molecular weight is 517 g/mol. The summed E-state index contributed by atoms with van der Waals surface area (Å²) < 4.78 is 35.8. The van der Waals surface area contributed by atoms with Gasteiger partial charge in [-0.2, -0.15) is 0 Å². The largest absolute Gasteiger partial charge is 0.378 e. The third kappa shape index (κ3) is 18.0. The van der Waals surface area contributed by atoms with Crippen molar-refractivity contribution < 1.29 is 28.4 Å². The highest BCUT2D eigenvalue weighted by atomic mass is 16.5. The number of rotatable bonds is 9. The van der Waals surface area contributed by atoms with Crippen LogP contribution in [0.5, 0.6) is 0 Å². The fraction of sp³-hybridized carbons (Fsp3) is 1.00. The second-order valence-corrected chi connectivity index (χ2v) is 9.96. The minimum atomic E-state index is 0.164. The van der Waals surface area contributed by atoms with Gasteiger partial charge in [-0.1, -0.05) is 58.3 Å². The van der Waals surface area contributed by atoms with Crippen LogP contribution in [0, 0.1) is 0 Å². The van der Waals surface area contributed by atoms with Crippen molar-refractivity contribution in [3.63, 3.8) is 0 Å². The summed E-state index contributed by atoms with van der Waals surface area (Å²) in [4.78, 5) is 4.74. The Morgan fingerprint density at radius 1 is 0.472 bits per heavy atom. The smallest absolute Gasteiger partial charge is 0.0809 e. The van der Waals surface area contributed by atoms with Crippen molar-refractivity contribution in [3.8, 4) is 0 Å². The molecule has 3 fully saturated rings. The minimum Gasteiger partial charge on any atom is -0.378 e. The van der Waals surface area contributed by atoms with E-state index < -0.39 is 0 Å². The highest BCUT2D eigenvalue weighted by molar-refractivity contribution is 4.64. The first kappa shape index (κ1) is 31.9. The quantitative estimate of drug-likeness (QED) is 0.431. The third-order valence-corrected chi connectivity index (χ3v) is 6.95. The van der Waals surface area contributed by atoms with Crippen LogP contribution in [0.3, 0.4) is 0 Å². The molecule has 3 rings (SSSR count). The second kappa shape index (κ2) is 23.8. The van der Waals surface area contributed by atoms with Crippen LogP contribution in [0.4, 0.5) is 0 Å². The Morgan fingerprint density at radius 2 is 0.889 bits per heavy atom. The molecule has 0 radical (unpaired) electrons. The molecule has 36 heavy (non-hydrogen) atoms. The molecule has 0 saturated carbocycles. The molecule has 0 aliphatic carbocycles. The van der Waals surface area contributed by atoms with E-state index in [1.807, 2.05) is 0 Å². The molecule has 0 spiro atoms. The van der Waals surface area contributed by atoms with Gasteiger partial charge in [0.2, 0.25) is 0 Å². The Bertz CT molecular complexity index is 453. The highest BCUT2D eigenvalue weighted by Crippen LogP contribution is 2.12. The van der Waals surface area contributed by atoms with Gasteiger partial charge in [-0.05, 0) is 6.42 Å². The molecule has 0 aromatic heterocycles. The summed E-state index contributed by atoms with van der Waals surface area (Å²) in [5, 5.41) is 0. The lowest BCUT2D eigenvalue weighted by Gasteiger charge is -2.26. The lowest BCUT2D eigenvalue weighted by Crippen LogP contribution is -2.37. The molecule has 3 heterocycles. The number of ether oxygens (including phenoxy) is 6. The van der Waals surface area contributed by atoms with Crippen LogP contribution in [-0.2, 0) is 28.4 Å². The van der Waals surface area contributed by atoms with Gasteiger partial charge in [0.15, 0.2) is 0 Å². The van der Waals surface area contributed by atoms with Crippen molar-refractivity contribution in [1.29, 1.82) is 0 Å². The molecule has 0 aromatic carbocycles. The molecule has 214 valence electrons. The van der Waals surface area contributed by atoms with Crippen molar-refractivity contribution in [2.24, 2.45) is 0 Å². The van der Waals surface area contributed by atoms with Crippen molar-refractivity contribution in [2.75, 3.05) is 112 Å². The van der Waals surface area contributed by atoms with Crippen molar-refractivity contribution in [2.45, 2.75) is 70.8 Å². The van der Waals surface area contributed by atoms with Crippen molar-refractivity contribution in [1.82, 2.24) is 9.80 Å². The summed E-state index contributed by atoms with van der Waals surface area (Å²) in [6, 6.07) is 0. The average Bonchev–Trinajstić information content (AvgIpc) is 2.88. The lowest BCUT2D eigenvalue weighted by atomic mass is 10.1. The molecule has 0 amide bonds. The first-order chi connectivity index (χ1) is 17.9. The number of hydrogen-bond acceptors (Lipinski definition) is 8. The Morgan fingerprint density at radius 3 is 1.39 bits per heavy atom. The molecule has 1 unspecified atom stereocenters. The fourth-order valence-electron chi connectivity index (χ4n) is 4.57. The van der Waals surface area contributed by atoms with Gasteiger partial charge in [-0.3, -0.25) is 9.80 Å². The standard InChI is InChI=1S/C28H56N2O6/c1-2-3-4-5-6-7-8-9-10-28-27-35-21-15-29-11-17-31-23-25-33-19-13-30(16-22-36-28)14-20-34-26-24-32-18-12-29/h28H,2-27H2,1H3. The Balaban J connectivity index is 1.85. The van der Waals surface area contributed by atoms with Gasteiger partial charge in [0.1, 0.15) is 0 Å². The van der Waals surface area contributed by atoms with E-state index in [0.717, 1.165) is 45.7 Å². The van der Waals surface area contributed by atoms with E-state index in [2.05, 4.69) is 16.7 Å². The normalized spacial score (nSPS) is 27.4. The first-order valence-electron chi connectivity index (χ1n) is 14.8. The number of unbranched alkanes of at least 4 members (excludes halogenated alkanes) is 7. The molecule has 0 aromatic rings. The Labute approximate surface area is 221 Å².